The third kappa shape index (κ3) is 3.38. The first kappa shape index (κ1) is 16.3. The molecular formula is C13H17F3N2O2S. The molecule has 0 saturated carbocycles. The van der Waals surface area contributed by atoms with Gasteiger partial charge in [-0.05, 0) is 30.5 Å². The molecule has 0 bridgehead atoms. The number of sulfonamides is 1. The second-order valence-corrected chi connectivity index (χ2v) is 7.26. The first-order valence-electron chi connectivity index (χ1n) is 6.55. The molecule has 0 aromatic heterocycles. The molecule has 1 saturated heterocycles. The monoisotopic (exact) mass is 322 g/mol. The Hall–Kier alpha value is -1.12. The second kappa shape index (κ2) is 5.58. The Morgan fingerprint density at radius 3 is 2.57 bits per heavy atom. The van der Waals surface area contributed by atoms with Crippen LogP contribution in [0.25, 0.3) is 0 Å². The van der Waals surface area contributed by atoms with Crippen molar-refractivity contribution in [3.05, 3.63) is 29.8 Å². The molecule has 118 valence electrons. The van der Waals surface area contributed by atoms with Gasteiger partial charge in [0.1, 0.15) is 0 Å². The van der Waals surface area contributed by atoms with E-state index in [2.05, 4.69) is 0 Å². The lowest BCUT2D eigenvalue weighted by Gasteiger charge is -2.34. The third-order valence-electron chi connectivity index (χ3n) is 3.78. The van der Waals surface area contributed by atoms with Crippen molar-refractivity contribution in [2.45, 2.75) is 30.5 Å². The largest absolute Gasteiger partial charge is 0.416 e. The van der Waals surface area contributed by atoms with E-state index >= 15 is 0 Å². The smallest absolute Gasteiger partial charge is 0.326 e. The maximum atomic E-state index is 12.7. The van der Waals surface area contributed by atoms with Gasteiger partial charge in [0, 0.05) is 19.1 Å². The van der Waals surface area contributed by atoms with E-state index in [4.69, 9.17) is 5.73 Å². The van der Waals surface area contributed by atoms with Gasteiger partial charge >= 0.3 is 6.18 Å². The Labute approximate surface area is 121 Å². The number of nitrogens with zero attached hydrogens (tertiary/aromatic N) is 1. The van der Waals surface area contributed by atoms with Crippen LogP contribution in [0.3, 0.4) is 0 Å². The van der Waals surface area contributed by atoms with Crippen LogP contribution in [-0.4, -0.2) is 31.9 Å². The van der Waals surface area contributed by atoms with E-state index in [0.717, 1.165) is 16.4 Å². The summed E-state index contributed by atoms with van der Waals surface area (Å²) in [6, 6.07) is 3.48. The molecular weight excluding hydrogens is 305 g/mol. The zero-order valence-electron chi connectivity index (χ0n) is 11.5. The number of alkyl halides is 3. The number of nitrogens with two attached hydrogens (primary N) is 1. The van der Waals surface area contributed by atoms with Crippen molar-refractivity contribution in [3.8, 4) is 0 Å². The molecule has 1 fully saturated rings. The Morgan fingerprint density at radius 2 is 2.00 bits per heavy atom. The van der Waals surface area contributed by atoms with Gasteiger partial charge in [-0.15, -0.1) is 0 Å². The van der Waals surface area contributed by atoms with Gasteiger partial charge < -0.3 is 5.73 Å². The van der Waals surface area contributed by atoms with Crippen LogP contribution >= 0.6 is 0 Å². The molecule has 21 heavy (non-hydrogen) atoms. The maximum absolute atomic E-state index is 12.7. The molecule has 8 heteroatoms. The maximum Gasteiger partial charge on any atom is 0.416 e. The summed E-state index contributed by atoms with van der Waals surface area (Å²) < 4.78 is 64.1. The summed E-state index contributed by atoms with van der Waals surface area (Å²) in [5.74, 6) is 0.193. The highest BCUT2D eigenvalue weighted by atomic mass is 32.2. The van der Waals surface area contributed by atoms with Gasteiger partial charge in [0.05, 0.1) is 10.5 Å². The first-order valence-corrected chi connectivity index (χ1v) is 7.99. The van der Waals surface area contributed by atoms with Gasteiger partial charge in [-0.2, -0.15) is 17.5 Å². The molecule has 1 aromatic carbocycles. The van der Waals surface area contributed by atoms with E-state index in [1.165, 1.54) is 6.07 Å². The summed E-state index contributed by atoms with van der Waals surface area (Å²) in [6.07, 6.45) is -3.97. The molecule has 0 aliphatic carbocycles. The molecule has 1 aliphatic heterocycles. The zero-order valence-corrected chi connectivity index (χ0v) is 12.3. The van der Waals surface area contributed by atoms with Crippen LogP contribution in [0, 0.1) is 5.92 Å². The SMILES string of the molecule is CC1CCN(S(=O)(=O)c2cccc(C(F)(F)F)c2)CC1N. The molecule has 1 aromatic rings. The van der Waals surface area contributed by atoms with Crippen molar-refractivity contribution >= 4 is 10.0 Å². The van der Waals surface area contributed by atoms with E-state index in [9.17, 15) is 21.6 Å². The number of halogens is 3. The van der Waals surface area contributed by atoms with Crippen LogP contribution in [0.4, 0.5) is 13.2 Å². The number of benzene rings is 1. The molecule has 4 nitrogen and oxygen atoms in total. The van der Waals surface area contributed by atoms with Crippen molar-refractivity contribution in [2.75, 3.05) is 13.1 Å². The Balaban J connectivity index is 2.32. The number of rotatable bonds is 2. The van der Waals surface area contributed by atoms with Crippen molar-refractivity contribution in [1.29, 1.82) is 0 Å². The first-order chi connectivity index (χ1) is 9.62. The molecule has 0 radical (unpaired) electrons. The highest BCUT2D eigenvalue weighted by Gasteiger charge is 2.35. The Kier molecular flexibility index (Phi) is 4.32. The van der Waals surface area contributed by atoms with E-state index in [1.807, 2.05) is 6.92 Å². The van der Waals surface area contributed by atoms with Crippen molar-refractivity contribution < 1.29 is 21.6 Å². The summed E-state index contributed by atoms with van der Waals surface area (Å²) >= 11 is 0. The summed E-state index contributed by atoms with van der Waals surface area (Å²) in [5.41, 5.74) is 4.88. The fraction of sp³-hybridized carbons (Fsp3) is 0.538. The molecule has 2 atom stereocenters. The number of hydrogen-bond donors (Lipinski definition) is 1. The van der Waals surface area contributed by atoms with Crippen molar-refractivity contribution in [1.82, 2.24) is 4.31 Å². The van der Waals surface area contributed by atoms with Crippen LogP contribution < -0.4 is 5.73 Å². The standard InChI is InChI=1S/C13H17F3N2O2S/c1-9-5-6-18(8-12(9)17)21(19,20)11-4-2-3-10(7-11)13(14,15)16/h2-4,7,9,12H,5-6,8,17H2,1H3. The van der Waals surface area contributed by atoms with Crippen molar-refractivity contribution in [3.63, 3.8) is 0 Å². The lowest BCUT2D eigenvalue weighted by Crippen LogP contribution is -2.49. The lowest BCUT2D eigenvalue weighted by molar-refractivity contribution is -0.137. The van der Waals surface area contributed by atoms with Crippen LogP contribution in [0.15, 0.2) is 29.2 Å². The highest BCUT2D eigenvalue weighted by molar-refractivity contribution is 7.89. The van der Waals surface area contributed by atoms with Crippen LogP contribution in [0.1, 0.15) is 18.9 Å². The van der Waals surface area contributed by atoms with E-state index in [-0.39, 0.29) is 29.9 Å². The molecule has 2 N–H and O–H groups in total. The van der Waals surface area contributed by atoms with Crippen molar-refractivity contribution in [2.24, 2.45) is 11.7 Å². The van der Waals surface area contributed by atoms with Gasteiger partial charge in [0.15, 0.2) is 0 Å². The van der Waals surface area contributed by atoms with Gasteiger partial charge in [0.2, 0.25) is 10.0 Å². The van der Waals surface area contributed by atoms with Crippen LogP contribution in [0.2, 0.25) is 0 Å². The third-order valence-corrected chi connectivity index (χ3v) is 5.64. The van der Waals surface area contributed by atoms with E-state index in [0.29, 0.717) is 12.5 Å². The van der Waals surface area contributed by atoms with Gasteiger partial charge in [-0.1, -0.05) is 13.0 Å². The normalized spacial score (nSPS) is 25.0. The summed E-state index contributed by atoms with van der Waals surface area (Å²) in [7, 11) is -3.95. The van der Waals surface area contributed by atoms with Gasteiger partial charge in [0.25, 0.3) is 0 Å². The summed E-state index contributed by atoms with van der Waals surface area (Å²) in [4.78, 5) is -0.348. The number of piperidine rings is 1. The van der Waals surface area contributed by atoms with E-state index < -0.39 is 21.8 Å². The minimum absolute atomic E-state index is 0.125. The molecule has 2 rings (SSSR count). The summed E-state index contributed by atoms with van der Waals surface area (Å²) in [5, 5.41) is 0. The molecule has 1 heterocycles. The Bertz CT molecular complexity index is 616. The van der Waals surface area contributed by atoms with Crippen LogP contribution in [0.5, 0.6) is 0 Å². The minimum atomic E-state index is -4.57. The average molecular weight is 322 g/mol. The molecule has 0 spiro atoms. The lowest BCUT2D eigenvalue weighted by atomic mass is 9.96. The predicted octanol–water partition coefficient (Wildman–Crippen LogP) is 2.06. The fourth-order valence-electron chi connectivity index (χ4n) is 2.27. The Morgan fingerprint density at radius 1 is 1.33 bits per heavy atom. The topological polar surface area (TPSA) is 63.4 Å². The zero-order chi connectivity index (χ0) is 15.8. The average Bonchev–Trinajstić information content (AvgIpc) is 2.41. The predicted molar refractivity (Wildman–Crippen MR) is 72.0 cm³/mol. The molecule has 2 unspecified atom stereocenters. The molecule has 0 amide bonds. The quantitative estimate of drug-likeness (QED) is 0.906. The molecule has 1 aliphatic rings. The summed E-state index contributed by atoms with van der Waals surface area (Å²) in [6.45, 7) is 2.33. The van der Waals surface area contributed by atoms with Gasteiger partial charge in [-0.3, -0.25) is 0 Å². The minimum Gasteiger partial charge on any atom is -0.326 e. The van der Waals surface area contributed by atoms with Gasteiger partial charge in [-0.25, -0.2) is 8.42 Å². The number of hydrogen-bond acceptors (Lipinski definition) is 3. The fourth-order valence-corrected chi connectivity index (χ4v) is 3.81. The highest BCUT2D eigenvalue weighted by Crippen LogP contribution is 2.31. The van der Waals surface area contributed by atoms with E-state index in [1.54, 1.807) is 0 Å². The van der Waals surface area contributed by atoms with Crippen LogP contribution in [-0.2, 0) is 16.2 Å². The second-order valence-electron chi connectivity index (χ2n) is 5.32.